The van der Waals surface area contributed by atoms with E-state index >= 15 is 0 Å². The summed E-state index contributed by atoms with van der Waals surface area (Å²) in [6, 6.07) is 16.9. The molecule has 0 aromatic heterocycles. The van der Waals surface area contributed by atoms with Crippen LogP contribution in [-0.2, 0) is 6.54 Å². The Balaban J connectivity index is 1.84. The van der Waals surface area contributed by atoms with E-state index in [4.69, 9.17) is 12.2 Å². The van der Waals surface area contributed by atoms with Gasteiger partial charge in [-0.3, -0.25) is 10.1 Å². The fraction of sp³-hybridized carbons (Fsp3) is 0.0667. The molecular formula is C15H13BrN2OS. The molecule has 0 radical (unpaired) electrons. The second-order valence-corrected chi connectivity index (χ2v) is 5.45. The number of hydrogen-bond donors (Lipinski definition) is 2. The molecule has 20 heavy (non-hydrogen) atoms. The lowest BCUT2D eigenvalue weighted by Crippen LogP contribution is -2.38. The third-order valence-electron chi connectivity index (χ3n) is 2.63. The van der Waals surface area contributed by atoms with Crippen molar-refractivity contribution in [2.75, 3.05) is 0 Å². The molecule has 1 amide bonds. The molecule has 0 heterocycles. The van der Waals surface area contributed by atoms with Crippen LogP contribution in [0.1, 0.15) is 15.9 Å². The molecule has 3 nitrogen and oxygen atoms in total. The molecule has 2 aromatic rings. The molecule has 0 aliphatic heterocycles. The van der Waals surface area contributed by atoms with Gasteiger partial charge in [0.15, 0.2) is 5.11 Å². The van der Waals surface area contributed by atoms with Crippen LogP contribution in [0.3, 0.4) is 0 Å². The normalized spacial score (nSPS) is 9.85. The highest BCUT2D eigenvalue weighted by molar-refractivity contribution is 9.10. The average Bonchev–Trinajstić information content (AvgIpc) is 2.47. The van der Waals surface area contributed by atoms with E-state index in [1.54, 1.807) is 12.1 Å². The first kappa shape index (κ1) is 14.7. The lowest BCUT2D eigenvalue weighted by Gasteiger charge is -2.09. The van der Waals surface area contributed by atoms with E-state index in [1.165, 1.54) is 0 Å². The zero-order valence-electron chi connectivity index (χ0n) is 10.6. The zero-order valence-corrected chi connectivity index (χ0v) is 13.0. The van der Waals surface area contributed by atoms with Crippen molar-refractivity contribution in [2.24, 2.45) is 0 Å². The van der Waals surface area contributed by atoms with Gasteiger partial charge < -0.3 is 5.32 Å². The van der Waals surface area contributed by atoms with Gasteiger partial charge in [0.25, 0.3) is 5.91 Å². The third-order valence-corrected chi connectivity index (χ3v) is 3.40. The van der Waals surface area contributed by atoms with E-state index in [1.807, 2.05) is 42.5 Å². The first-order chi connectivity index (χ1) is 9.65. The Morgan fingerprint density at radius 1 is 1.05 bits per heavy atom. The van der Waals surface area contributed by atoms with Crippen molar-refractivity contribution < 1.29 is 4.79 Å². The van der Waals surface area contributed by atoms with Gasteiger partial charge in [0.1, 0.15) is 0 Å². The van der Waals surface area contributed by atoms with Crippen molar-refractivity contribution in [2.45, 2.75) is 6.54 Å². The van der Waals surface area contributed by atoms with Crippen LogP contribution in [0.2, 0.25) is 0 Å². The molecule has 0 saturated carbocycles. The van der Waals surface area contributed by atoms with Gasteiger partial charge in [0.05, 0.1) is 0 Å². The highest BCUT2D eigenvalue weighted by atomic mass is 79.9. The van der Waals surface area contributed by atoms with E-state index in [0.29, 0.717) is 17.2 Å². The van der Waals surface area contributed by atoms with Crippen molar-refractivity contribution in [1.82, 2.24) is 10.6 Å². The van der Waals surface area contributed by atoms with E-state index < -0.39 is 0 Å². The summed E-state index contributed by atoms with van der Waals surface area (Å²) in [5, 5.41) is 5.97. The lowest BCUT2D eigenvalue weighted by molar-refractivity contribution is 0.0976. The van der Waals surface area contributed by atoms with Crippen molar-refractivity contribution in [3.8, 4) is 0 Å². The molecule has 2 rings (SSSR count). The van der Waals surface area contributed by atoms with Crippen LogP contribution in [0.15, 0.2) is 59.1 Å². The van der Waals surface area contributed by atoms with E-state index in [2.05, 4.69) is 26.6 Å². The highest BCUT2D eigenvalue weighted by Crippen LogP contribution is 2.10. The molecule has 0 unspecified atom stereocenters. The Hall–Kier alpha value is -1.72. The molecule has 0 bridgehead atoms. The summed E-state index contributed by atoms with van der Waals surface area (Å²) >= 11 is 8.48. The average molecular weight is 349 g/mol. The van der Waals surface area contributed by atoms with Crippen LogP contribution in [0, 0.1) is 0 Å². The summed E-state index contributed by atoms with van der Waals surface area (Å²) in [4.78, 5) is 11.9. The number of benzene rings is 2. The Labute approximate surface area is 131 Å². The number of rotatable bonds is 3. The Bertz CT molecular complexity index is 599. The molecule has 0 spiro atoms. The van der Waals surface area contributed by atoms with Crippen LogP contribution < -0.4 is 10.6 Å². The molecule has 2 aromatic carbocycles. The van der Waals surface area contributed by atoms with Gasteiger partial charge in [-0.25, -0.2) is 0 Å². The van der Waals surface area contributed by atoms with Crippen LogP contribution in [0.25, 0.3) is 0 Å². The lowest BCUT2D eigenvalue weighted by atomic mass is 10.2. The quantitative estimate of drug-likeness (QED) is 0.836. The second-order valence-electron chi connectivity index (χ2n) is 4.13. The number of carbonyl (C=O) groups is 1. The summed E-state index contributed by atoms with van der Waals surface area (Å²) in [5.74, 6) is -0.209. The van der Waals surface area contributed by atoms with Crippen LogP contribution in [-0.4, -0.2) is 11.0 Å². The molecule has 0 aliphatic rings. The fourth-order valence-corrected chi connectivity index (χ4v) is 2.02. The van der Waals surface area contributed by atoms with Crippen molar-refractivity contribution in [3.63, 3.8) is 0 Å². The minimum atomic E-state index is -0.209. The maximum Gasteiger partial charge on any atom is 0.257 e. The van der Waals surface area contributed by atoms with Crippen LogP contribution in [0.4, 0.5) is 0 Å². The number of carbonyl (C=O) groups excluding carboxylic acids is 1. The third kappa shape index (κ3) is 4.43. The van der Waals surface area contributed by atoms with E-state index in [0.717, 1.165) is 10.0 Å². The number of thiocarbonyl (C=S) groups is 1. The predicted octanol–water partition coefficient (Wildman–Crippen LogP) is 3.25. The molecule has 0 saturated heterocycles. The molecule has 0 fully saturated rings. The minimum absolute atomic E-state index is 0.209. The van der Waals surface area contributed by atoms with Crippen LogP contribution in [0.5, 0.6) is 0 Å². The van der Waals surface area contributed by atoms with E-state index in [-0.39, 0.29) is 5.91 Å². The Morgan fingerprint density at radius 3 is 2.35 bits per heavy atom. The van der Waals surface area contributed by atoms with Gasteiger partial charge in [-0.1, -0.05) is 46.3 Å². The van der Waals surface area contributed by atoms with Gasteiger partial charge in [0, 0.05) is 16.6 Å². The summed E-state index contributed by atoms with van der Waals surface area (Å²) in [6.45, 7) is 0.571. The highest BCUT2D eigenvalue weighted by Gasteiger charge is 2.06. The van der Waals surface area contributed by atoms with Crippen molar-refractivity contribution in [3.05, 3.63) is 70.2 Å². The summed E-state index contributed by atoms with van der Waals surface area (Å²) in [6.07, 6.45) is 0. The van der Waals surface area contributed by atoms with E-state index in [9.17, 15) is 4.79 Å². The van der Waals surface area contributed by atoms with Crippen LogP contribution >= 0.6 is 28.1 Å². The number of nitrogens with one attached hydrogen (secondary N) is 2. The van der Waals surface area contributed by atoms with Gasteiger partial charge in [-0.05, 0) is 42.0 Å². The number of hydrogen-bond acceptors (Lipinski definition) is 2. The smallest absolute Gasteiger partial charge is 0.257 e. The predicted molar refractivity (Wildman–Crippen MR) is 87.5 cm³/mol. The van der Waals surface area contributed by atoms with Gasteiger partial charge in [-0.15, -0.1) is 0 Å². The summed E-state index contributed by atoms with van der Waals surface area (Å²) < 4.78 is 1.03. The number of halogens is 1. The first-order valence-electron chi connectivity index (χ1n) is 6.04. The van der Waals surface area contributed by atoms with Crippen molar-refractivity contribution >= 4 is 39.2 Å². The molecule has 0 aliphatic carbocycles. The minimum Gasteiger partial charge on any atom is -0.358 e. The molecular weight excluding hydrogens is 336 g/mol. The van der Waals surface area contributed by atoms with Crippen molar-refractivity contribution in [1.29, 1.82) is 0 Å². The summed E-state index contributed by atoms with van der Waals surface area (Å²) in [5.41, 5.74) is 1.67. The maximum absolute atomic E-state index is 11.9. The molecule has 2 N–H and O–H groups in total. The van der Waals surface area contributed by atoms with Gasteiger partial charge in [-0.2, -0.15) is 0 Å². The molecule has 102 valence electrons. The standard InChI is InChI=1S/C15H13BrN2OS/c16-13-8-6-11(7-9-13)10-17-15(20)18-14(19)12-4-2-1-3-5-12/h1-9H,10H2,(H2,17,18,19,20). The fourth-order valence-electron chi connectivity index (χ4n) is 1.59. The summed E-state index contributed by atoms with van der Waals surface area (Å²) in [7, 11) is 0. The van der Waals surface area contributed by atoms with Gasteiger partial charge in [0.2, 0.25) is 0 Å². The topological polar surface area (TPSA) is 41.1 Å². The Kier molecular flexibility index (Phi) is 5.26. The SMILES string of the molecule is O=C(NC(=S)NCc1ccc(Br)cc1)c1ccccc1. The number of amides is 1. The molecule has 5 heteroatoms. The molecule has 0 atom stereocenters. The Morgan fingerprint density at radius 2 is 1.70 bits per heavy atom. The largest absolute Gasteiger partial charge is 0.358 e. The second kappa shape index (κ2) is 7.17. The van der Waals surface area contributed by atoms with Gasteiger partial charge >= 0.3 is 0 Å². The maximum atomic E-state index is 11.9. The first-order valence-corrected chi connectivity index (χ1v) is 7.24. The zero-order chi connectivity index (χ0) is 14.4. The monoisotopic (exact) mass is 348 g/mol.